The summed E-state index contributed by atoms with van der Waals surface area (Å²) in [5, 5.41) is 9.07. The Balaban J connectivity index is 1.22. The number of para-hydroxylation sites is 1. The van der Waals surface area contributed by atoms with Gasteiger partial charge in [-0.15, -0.1) is 0 Å². The number of aromatic amines is 1. The fraction of sp³-hybridized carbons (Fsp3) is 0.302. The van der Waals surface area contributed by atoms with Crippen molar-refractivity contribution in [3.8, 4) is 0 Å². The SMILES string of the molecule is CCC(CC)N(CCOC(=O)NC)Cc1cccc(C(=O)Nc2[nH]c3ccccc3c2C(=O)Nc2ccc(CCCc3ccc(C(=O)NS(C)(=O)=O)cc3)cc2)c1. The first-order chi connectivity index (χ1) is 27.4. The van der Waals surface area contributed by atoms with Crippen LogP contribution in [0.1, 0.15) is 80.9 Å². The van der Waals surface area contributed by atoms with Crippen molar-refractivity contribution >= 4 is 56.2 Å². The molecule has 1 aromatic heterocycles. The molecule has 0 aliphatic heterocycles. The van der Waals surface area contributed by atoms with Crippen molar-refractivity contribution < 1.29 is 32.3 Å². The number of sulfonamides is 1. The third-order valence-electron chi connectivity index (χ3n) is 9.66. The maximum atomic E-state index is 13.8. The van der Waals surface area contributed by atoms with Crippen LogP contribution < -0.4 is 20.7 Å². The highest BCUT2D eigenvalue weighted by Gasteiger charge is 2.22. The van der Waals surface area contributed by atoms with Crippen LogP contribution in [0.15, 0.2) is 97.1 Å². The zero-order valence-corrected chi connectivity index (χ0v) is 33.5. The second kappa shape index (κ2) is 19.7. The molecule has 1 heterocycles. The monoisotopic (exact) mass is 794 g/mol. The quantitative estimate of drug-likeness (QED) is 0.0637. The van der Waals surface area contributed by atoms with E-state index < -0.39 is 22.0 Å². The molecule has 300 valence electrons. The van der Waals surface area contributed by atoms with E-state index in [1.165, 1.54) is 7.05 Å². The van der Waals surface area contributed by atoms with E-state index in [9.17, 15) is 27.6 Å². The lowest BCUT2D eigenvalue weighted by atomic mass is 10.0. The number of aromatic nitrogens is 1. The summed E-state index contributed by atoms with van der Waals surface area (Å²) in [6.45, 7) is 5.60. The maximum absolute atomic E-state index is 13.8. The Morgan fingerprint density at radius 1 is 0.754 bits per heavy atom. The molecule has 0 aliphatic carbocycles. The zero-order valence-electron chi connectivity index (χ0n) is 32.7. The summed E-state index contributed by atoms with van der Waals surface area (Å²) in [6.07, 6.45) is 4.69. The van der Waals surface area contributed by atoms with Crippen LogP contribution >= 0.6 is 0 Å². The van der Waals surface area contributed by atoms with Crippen molar-refractivity contribution in [3.63, 3.8) is 0 Å². The molecule has 13 nitrogen and oxygen atoms in total. The molecule has 0 atom stereocenters. The van der Waals surface area contributed by atoms with Crippen molar-refractivity contribution in [1.29, 1.82) is 0 Å². The van der Waals surface area contributed by atoms with Gasteiger partial charge in [0, 0.05) is 53.9 Å². The molecule has 0 fully saturated rings. The van der Waals surface area contributed by atoms with Crippen LogP contribution in [0.5, 0.6) is 0 Å². The average Bonchev–Trinajstić information content (AvgIpc) is 3.56. The number of H-pyrrole nitrogens is 1. The Labute approximate surface area is 333 Å². The number of hydrogen-bond acceptors (Lipinski definition) is 8. The lowest BCUT2D eigenvalue weighted by molar-refractivity contribution is 0.0978. The van der Waals surface area contributed by atoms with Gasteiger partial charge < -0.3 is 25.7 Å². The molecule has 0 unspecified atom stereocenters. The van der Waals surface area contributed by atoms with Gasteiger partial charge in [-0.05, 0) is 91.3 Å². The van der Waals surface area contributed by atoms with Crippen LogP contribution in [0.3, 0.4) is 0 Å². The molecule has 57 heavy (non-hydrogen) atoms. The van der Waals surface area contributed by atoms with Gasteiger partial charge in [0.1, 0.15) is 12.4 Å². The molecular formula is C43H50N6O7S. The minimum absolute atomic E-state index is 0.241. The summed E-state index contributed by atoms with van der Waals surface area (Å²) < 4.78 is 29.9. The Morgan fingerprint density at radius 3 is 2.07 bits per heavy atom. The number of carbonyl (C=O) groups excluding carboxylic acids is 4. The normalized spacial score (nSPS) is 11.4. The fourth-order valence-corrected chi connectivity index (χ4v) is 7.18. The Morgan fingerprint density at radius 2 is 1.42 bits per heavy atom. The minimum atomic E-state index is -3.63. The van der Waals surface area contributed by atoms with Gasteiger partial charge in [-0.2, -0.15) is 0 Å². The highest BCUT2D eigenvalue weighted by Crippen LogP contribution is 2.28. The molecule has 5 N–H and O–H groups in total. The number of anilines is 2. The van der Waals surface area contributed by atoms with Gasteiger partial charge in [-0.3, -0.25) is 19.3 Å². The minimum Gasteiger partial charge on any atom is -0.448 e. The first kappa shape index (κ1) is 42.2. The van der Waals surface area contributed by atoms with E-state index in [2.05, 4.69) is 39.7 Å². The predicted molar refractivity (Wildman–Crippen MR) is 223 cm³/mol. The Kier molecular flexibility index (Phi) is 14.6. The summed E-state index contributed by atoms with van der Waals surface area (Å²) in [7, 11) is -2.11. The van der Waals surface area contributed by atoms with Crippen molar-refractivity contribution in [2.45, 2.75) is 58.5 Å². The van der Waals surface area contributed by atoms with E-state index >= 15 is 0 Å². The standard InChI is InChI=1S/C43H50N6O7S/c1-5-35(6-2)49(25-26-56-43(53)44-3)28-31-13-10-14-33(27-31)40(50)47-39-38(36-15-7-8-16-37(36)46-39)42(52)45-34-23-19-30(20-24-34)12-9-11-29-17-21-32(22-18-29)41(51)48-57(4,54)55/h7-8,10,13-24,27,35,46H,5-6,9,11-12,25-26,28H2,1-4H3,(H,44,53)(H,45,52)(H,47,50)(H,48,51). The molecule has 0 bridgehead atoms. The lowest BCUT2D eigenvalue weighted by Gasteiger charge is -2.30. The van der Waals surface area contributed by atoms with Gasteiger partial charge in [0.2, 0.25) is 10.0 Å². The van der Waals surface area contributed by atoms with Gasteiger partial charge in [-0.25, -0.2) is 17.9 Å². The molecule has 0 saturated heterocycles. The molecule has 5 rings (SSSR count). The number of fused-ring (bicyclic) bond motifs is 1. The summed E-state index contributed by atoms with van der Waals surface area (Å²) in [4.78, 5) is 56.7. The highest BCUT2D eigenvalue weighted by atomic mass is 32.2. The molecular weight excluding hydrogens is 745 g/mol. The number of nitrogens with zero attached hydrogens (tertiary/aromatic N) is 1. The van der Waals surface area contributed by atoms with Crippen LogP contribution in [0.4, 0.5) is 16.3 Å². The molecule has 14 heteroatoms. The number of aryl methyl sites for hydroxylation is 2. The smallest absolute Gasteiger partial charge is 0.406 e. The maximum Gasteiger partial charge on any atom is 0.406 e. The topological polar surface area (TPSA) is 179 Å². The summed E-state index contributed by atoms with van der Waals surface area (Å²) >= 11 is 0. The third-order valence-corrected chi connectivity index (χ3v) is 10.2. The molecule has 0 spiro atoms. The summed E-state index contributed by atoms with van der Waals surface area (Å²) in [6, 6.07) is 29.5. The van der Waals surface area contributed by atoms with Crippen LogP contribution in [-0.4, -0.2) is 74.6 Å². The van der Waals surface area contributed by atoms with Crippen LogP contribution in [0, 0.1) is 0 Å². The van der Waals surface area contributed by atoms with Gasteiger partial charge in [-0.1, -0.05) is 68.4 Å². The number of alkyl carbamates (subject to hydrolysis) is 1. The first-order valence-electron chi connectivity index (χ1n) is 19.0. The number of hydrogen-bond donors (Lipinski definition) is 5. The van der Waals surface area contributed by atoms with Crippen molar-refractivity contribution in [1.82, 2.24) is 19.9 Å². The molecule has 0 aliphatic rings. The first-order valence-corrected chi connectivity index (χ1v) is 20.9. The molecule has 4 amide bonds. The van der Waals surface area contributed by atoms with Gasteiger partial charge in [0.05, 0.1) is 11.8 Å². The number of carbonyl (C=O) groups is 4. The van der Waals surface area contributed by atoms with Crippen molar-refractivity contribution in [2.75, 3.05) is 37.1 Å². The van der Waals surface area contributed by atoms with Crippen LogP contribution in [0.25, 0.3) is 10.9 Å². The van der Waals surface area contributed by atoms with Crippen LogP contribution in [-0.2, 0) is 34.1 Å². The van der Waals surface area contributed by atoms with Gasteiger partial charge in [0.25, 0.3) is 17.7 Å². The second-order valence-electron chi connectivity index (χ2n) is 13.8. The third kappa shape index (κ3) is 12.0. The van der Waals surface area contributed by atoms with Crippen LogP contribution in [0.2, 0.25) is 0 Å². The number of benzene rings is 4. The van der Waals surface area contributed by atoms with Gasteiger partial charge in [0.15, 0.2) is 0 Å². The van der Waals surface area contributed by atoms with E-state index in [1.54, 1.807) is 18.2 Å². The summed E-state index contributed by atoms with van der Waals surface area (Å²) in [5.74, 6) is -1.12. The second-order valence-corrected chi connectivity index (χ2v) is 15.6. The largest absolute Gasteiger partial charge is 0.448 e. The summed E-state index contributed by atoms with van der Waals surface area (Å²) in [5.41, 5.74) is 5.37. The fourth-order valence-electron chi connectivity index (χ4n) is 6.72. The molecule has 0 radical (unpaired) electrons. The van der Waals surface area contributed by atoms with E-state index in [4.69, 9.17) is 4.74 Å². The molecule has 4 aromatic carbocycles. The number of nitrogens with one attached hydrogen (secondary N) is 5. The van der Waals surface area contributed by atoms with E-state index in [0.717, 1.165) is 55.1 Å². The Hall–Kier alpha value is -5.99. The number of rotatable bonds is 18. The van der Waals surface area contributed by atoms with Crippen molar-refractivity contribution in [3.05, 3.63) is 130 Å². The zero-order chi connectivity index (χ0) is 41.0. The van der Waals surface area contributed by atoms with E-state index in [-0.39, 0.29) is 35.8 Å². The number of ether oxygens (including phenoxy) is 1. The molecule has 0 saturated carbocycles. The van der Waals surface area contributed by atoms with E-state index in [0.29, 0.717) is 40.8 Å². The predicted octanol–water partition coefficient (Wildman–Crippen LogP) is 6.88. The average molecular weight is 795 g/mol. The lowest BCUT2D eigenvalue weighted by Crippen LogP contribution is -2.37. The highest BCUT2D eigenvalue weighted by molar-refractivity contribution is 7.89. The molecule has 5 aromatic rings. The number of amides is 4. The van der Waals surface area contributed by atoms with Crippen molar-refractivity contribution in [2.24, 2.45) is 0 Å². The van der Waals surface area contributed by atoms with Gasteiger partial charge >= 0.3 is 6.09 Å². The van der Waals surface area contributed by atoms with E-state index in [1.807, 2.05) is 83.6 Å². The Bertz CT molecular complexity index is 2290.